The number of hydrogen-bond donors (Lipinski definition) is 1. The minimum absolute atomic E-state index is 0.432. The Labute approximate surface area is 154 Å². The second-order valence-corrected chi connectivity index (χ2v) is 7.17. The van der Waals surface area contributed by atoms with E-state index in [2.05, 4.69) is 31.2 Å². The molecule has 2 aromatic heterocycles. The van der Waals surface area contributed by atoms with Gasteiger partial charge in [0.25, 0.3) is 0 Å². The van der Waals surface area contributed by atoms with Crippen LogP contribution in [0.25, 0.3) is 0 Å². The summed E-state index contributed by atoms with van der Waals surface area (Å²) in [7, 11) is 1.62. The zero-order valence-electron chi connectivity index (χ0n) is 15.3. The maximum Gasteiger partial charge on any atom is 0.218 e. The van der Waals surface area contributed by atoms with Gasteiger partial charge in [-0.05, 0) is 31.7 Å². The topological polar surface area (TPSA) is 76.1 Å². The maximum atomic E-state index is 5.15. The summed E-state index contributed by atoms with van der Waals surface area (Å²) in [6.45, 7) is 3.03. The van der Waals surface area contributed by atoms with Crippen molar-refractivity contribution in [3.05, 3.63) is 36.2 Å². The minimum atomic E-state index is 0.432. The van der Waals surface area contributed by atoms with Crippen molar-refractivity contribution < 1.29 is 4.74 Å². The Kier molecular flexibility index (Phi) is 5.24. The lowest BCUT2D eigenvalue weighted by atomic mass is 9.85. The highest BCUT2D eigenvalue weighted by Crippen LogP contribution is 2.34. The third kappa shape index (κ3) is 4.09. The number of methoxy groups -OCH3 is 1. The smallest absolute Gasteiger partial charge is 0.218 e. The molecule has 0 unspecified atom stereocenters. The summed E-state index contributed by atoms with van der Waals surface area (Å²) in [6, 6.07) is 4.33. The molecule has 3 heterocycles. The highest BCUT2D eigenvalue weighted by Gasteiger charge is 2.23. The van der Waals surface area contributed by atoms with Crippen LogP contribution < -0.4 is 10.1 Å². The van der Waals surface area contributed by atoms with E-state index < -0.39 is 0 Å². The normalized spacial score (nSPS) is 19.1. The SMILES string of the molecule is COc1cc(NC2CCN(Cc3ccnc(C4CCC4)n3)CC2)ncn1. The quantitative estimate of drug-likeness (QED) is 0.854. The summed E-state index contributed by atoms with van der Waals surface area (Å²) in [5.41, 5.74) is 1.15. The third-order valence-electron chi connectivity index (χ3n) is 5.38. The minimum Gasteiger partial charge on any atom is -0.481 e. The number of aromatic nitrogens is 4. The Bertz CT molecular complexity index is 727. The second kappa shape index (κ2) is 7.95. The van der Waals surface area contributed by atoms with Crippen LogP contribution in [0.5, 0.6) is 5.88 Å². The van der Waals surface area contributed by atoms with Crippen molar-refractivity contribution in [2.24, 2.45) is 0 Å². The molecule has 1 N–H and O–H groups in total. The fourth-order valence-corrected chi connectivity index (χ4v) is 3.57. The number of hydrogen-bond acceptors (Lipinski definition) is 7. The first-order valence-corrected chi connectivity index (χ1v) is 9.47. The van der Waals surface area contributed by atoms with E-state index in [4.69, 9.17) is 9.72 Å². The van der Waals surface area contributed by atoms with Crippen molar-refractivity contribution in [3.63, 3.8) is 0 Å². The molecule has 0 spiro atoms. The van der Waals surface area contributed by atoms with Crippen LogP contribution in [0.15, 0.2) is 24.7 Å². The molecule has 0 bridgehead atoms. The molecule has 0 amide bonds. The molecule has 0 radical (unpaired) electrons. The summed E-state index contributed by atoms with van der Waals surface area (Å²) in [6.07, 6.45) is 9.44. The van der Waals surface area contributed by atoms with E-state index in [0.29, 0.717) is 17.8 Å². The van der Waals surface area contributed by atoms with Gasteiger partial charge in [-0.1, -0.05) is 6.42 Å². The summed E-state index contributed by atoms with van der Waals surface area (Å²) in [5, 5.41) is 3.50. The predicted molar refractivity (Wildman–Crippen MR) is 99.1 cm³/mol. The summed E-state index contributed by atoms with van der Waals surface area (Å²) < 4.78 is 5.15. The van der Waals surface area contributed by atoms with Gasteiger partial charge in [0.1, 0.15) is 18.0 Å². The van der Waals surface area contributed by atoms with Crippen molar-refractivity contribution in [2.75, 3.05) is 25.5 Å². The number of likely N-dealkylation sites (tertiary alicyclic amines) is 1. The van der Waals surface area contributed by atoms with Gasteiger partial charge in [0.15, 0.2) is 0 Å². The number of rotatable bonds is 6. The van der Waals surface area contributed by atoms with Gasteiger partial charge in [-0.25, -0.2) is 19.9 Å². The van der Waals surface area contributed by atoms with Crippen LogP contribution in [0.1, 0.15) is 49.5 Å². The number of ether oxygens (including phenoxy) is 1. The summed E-state index contributed by atoms with van der Waals surface area (Å²) in [4.78, 5) is 20.1. The van der Waals surface area contributed by atoms with Gasteiger partial charge in [-0.15, -0.1) is 0 Å². The molecule has 138 valence electrons. The van der Waals surface area contributed by atoms with E-state index in [0.717, 1.165) is 49.8 Å². The zero-order chi connectivity index (χ0) is 17.8. The lowest BCUT2D eigenvalue weighted by Gasteiger charge is -2.32. The molecule has 2 fully saturated rings. The molecule has 26 heavy (non-hydrogen) atoms. The largest absolute Gasteiger partial charge is 0.481 e. The molecule has 4 rings (SSSR count). The van der Waals surface area contributed by atoms with Crippen LogP contribution in [-0.2, 0) is 6.54 Å². The van der Waals surface area contributed by atoms with E-state index in [1.165, 1.54) is 25.6 Å². The van der Waals surface area contributed by atoms with Crippen LogP contribution in [-0.4, -0.2) is 51.1 Å². The van der Waals surface area contributed by atoms with Crippen LogP contribution in [0.2, 0.25) is 0 Å². The number of piperidine rings is 1. The first-order chi connectivity index (χ1) is 12.8. The number of anilines is 1. The molecule has 7 heteroatoms. The van der Waals surface area contributed by atoms with E-state index in [9.17, 15) is 0 Å². The van der Waals surface area contributed by atoms with Crippen LogP contribution >= 0.6 is 0 Å². The van der Waals surface area contributed by atoms with Gasteiger partial charge >= 0.3 is 0 Å². The average molecular weight is 354 g/mol. The van der Waals surface area contributed by atoms with Crippen LogP contribution in [0, 0.1) is 0 Å². The molecule has 1 aliphatic carbocycles. The molecular formula is C19H26N6O. The lowest BCUT2D eigenvalue weighted by molar-refractivity contribution is 0.208. The highest BCUT2D eigenvalue weighted by atomic mass is 16.5. The average Bonchev–Trinajstić information content (AvgIpc) is 2.62. The van der Waals surface area contributed by atoms with Gasteiger partial charge in [-0.3, -0.25) is 4.90 Å². The Morgan fingerprint density at radius 2 is 2.00 bits per heavy atom. The number of nitrogens with zero attached hydrogens (tertiary/aromatic N) is 5. The van der Waals surface area contributed by atoms with E-state index in [1.807, 2.05) is 12.3 Å². The van der Waals surface area contributed by atoms with E-state index in [1.54, 1.807) is 7.11 Å². The zero-order valence-corrected chi connectivity index (χ0v) is 15.3. The molecular weight excluding hydrogens is 328 g/mol. The Balaban J connectivity index is 1.28. The fourth-order valence-electron chi connectivity index (χ4n) is 3.57. The van der Waals surface area contributed by atoms with E-state index in [-0.39, 0.29) is 0 Å². The van der Waals surface area contributed by atoms with E-state index >= 15 is 0 Å². The van der Waals surface area contributed by atoms with Crippen LogP contribution in [0.4, 0.5) is 5.82 Å². The molecule has 0 aromatic carbocycles. The predicted octanol–water partition coefficient (Wildman–Crippen LogP) is 2.62. The molecule has 7 nitrogen and oxygen atoms in total. The monoisotopic (exact) mass is 354 g/mol. The standard InChI is InChI=1S/C19H26N6O/c1-26-18-11-17(21-13-22-18)23-15-6-9-25(10-7-15)12-16-5-8-20-19(24-16)14-3-2-4-14/h5,8,11,13-15H,2-4,6-7,9-10,12H2,1H3,(H,21,22,23). The van der Waals surface area contributed by atoms with Gasteiger partial charge in [0.2, 0.25) is 5.88 Å². The van der Waals surface area contributed by atoms with Crippen molar-refractivity contribution in [3.8, 4) is 5.88 Å². The second-order valence-electron chi connectivity index (χ2n) is 7.17. The Morgan fingerprint density at radius 1 is 1.15 bits per heavy atom. The molecule has 1 aliphatic heterocycles. The lowest BCUT2D eigenvalue weighted by Crippen LogP contribution is -2.39. The first kappa shape index (κ1) is 17.1. The van der Waals surface area contributed by atoms with Crippen molar-refractivity contribution in [1.82, 2.24) is 24.8 Å². The third-order valence-corrected chi connectivity index (χ3v) is 5.38. The Morgan fingerprint density at radius 3 is 2.73 bits per heavy atom. The van der Waals surface area contributed by atoms with Gasteiger partial charge in [0.05, 0.1) is 12.8 Å². The van der Waals surface area contributed by atoms with Gasteiger partial charge < -0.3 is 10.1 Å². The van der Waals surface area contributed by atoms with Crippen molar-refractivity contribution in [1.29, 1.82) is 0 Å². The van der Waals surface area contributed by atoms with Crippen molar-refractivity contribution in [2.45, 2.75) is 50.6 Å². The highest BCUT2D eigenvalue weighted by molar-refractivity contribution is 5.38. The summed E-state index contributed by atoms with van der Waals surface area (Å²) >= 11 is 0. The molecule has 1 saturated heterocycles. The van der Waals surface area contributed by atoms with Crippen molar-refractivity contribution >= 4 is 5.82 Å². The molecule has 2 aliphatic rings. The Hall–Kier alpha value is -2.28. The van der Waals surface area contributed by atoms with Crippen LogP contribution in [0.3, 0.4) is 0 Å². The number of nitrogens with one attached hydrogen (secondary N) is 1. The van der Waals surface area contributed by atoms with Gasteiger partial charge in [0, 0.05) is 43.9 Å². The van der Waals surface area contributed by atoms with Gasteiger partial charge in [-0.2, -0.15) is 0 Å². The molecule has 0 atom stereocenters. The molecule has 2 aromatic rings. The fraction of sp³-hybridized carbons (Fsp3) is 0.579. The summed E-state index contributed by atoms with van der Waals surface area (Å²) in [5.74, 6) is 3.06. The first-order valence-electron chi connectivity index (χ1n) is 9.47. The maximum absolute atomic E-state index is 5.15. The molecule has 1 saturated carbocycles.